The maximum absolute atomic E-state index is 13.1. The molecule has 0 saturated carbocycles. The monoisotopic (exact) mass is 1470 g/mol. The summed E-state index contributed by atoms with van der Waals surface area (Å²) >= 11 is 0. The van der Waals surface area contributed by atoms with Crippen molar-refractivity contribution < 1.29 is 80.2 Å². The Morgan fingerprint density at radius 2 is 0.480 bits per heavy atom. The minimum absolute atomic E-state index is 0.107. The van der Waals surface area contributed by atoms with Gasteiger partial charge in [0.2, 0.25) is 0 Å². The highest BCUT2D eigenvalue weighted by Crippen LogP contribution is 2.45. The van der Waals surface area contributed by atoms with Crippen LogP contribution in [0.4, 0.5) is 0 Å². The van der Waals surface area contributed by atoms with Crippen molar-refractivity contribution in [3.63, 3.8) is 0 Å². The molecule has 0 aliphatic carbocycles. The summed E-state index contributed by atoms with van der Waals surface area (Å²) < 4.78 is 68.7. The van der Waals surface area contributed by atoms with Gasteiger partial charge < -0.3 is 33.8 Å². The minimum atomic E-state index is -4.96. The zero-order chi connectivity index (χ0) is 73.8. The van der Waals surface area contributed by atoms with Gasteiger partial charge in [-0.15, -0.1) is 0 Å². The fourth-order valence-electron chi connectivity index (χ4n) is 12.4. The Balaban J connectivity index is 5.21. The lowest BCUT2D eigenvalue weighted by Gasteiger charge is -2.21. The van der Waals surface area contributed by atoms with E-state index in [0.29, 0.717) is 31.6 Å². The molecule has 6 atom stereocenters. The maximum atomic E-state index is 13.1. The molecule has 0 aliphatic rings. The number of aliphatic hydroxyl groups excluding tert-OH is 1. The van der Waals surface area contributed by atoms with E-state index in [4.69, 9.17) is 37.0 Å². The average Bonchev–Trinajstić information content (AvgIpc) is 0.947. The predicted molar refractivity (Wildman–Crippen MR) is 409 cm³/mol. The molecule has 0 aromatic rings. The zero-order valence-corrected chi connectivity index (χ0v) is 67.6. The Bertz CT molecular complexity index is 1960. The van der Waals surface area contributed by atoms with Crippen LogP contribution in [0.1, 0.15) is 415 Å². The van der Waals surface area contributed by atoms with Crippen molar-refractivity contribution in [3.05, 3.63) is 0 Å². The number of carbonyl (C=O) groups excluding carboxylic acids is 4. The lowest BCUT2D eigenvalue weighted by Crippen LogP contribution is -2.30. The van der Waals surface area contributed by atoms with E-state index in [1.807, 2.05) is 0 Å². The van der Waals surface area contributed by atoms with Crippen LogP contribution in [0.15, 0.2) is 0 Å². The van der Waals surface area contributed by atoms with Crippen LogP contribution in [0.2, 0.25) is 0 Å². The van der Waals surface area contributed by atoms with Gasteiger partial charge in [0.25, 0.3) is 0 Å². The molecule has 0 radical (unpaired) electrons. The maximum Gasteiger partial charge on any atom is 0.472 e. The highest BCUT2D eigenvalue weighted by Gasteiger charge is 2.30. The summed E-state index contributed by atoms with van der Waals surface area (Å²) in [4.78, 5) is 73.0. The fourth-order valence-corrected chi connectivity index (χ4v) is 14.0. The molecule has 0 rings (SSSR count). The van der Waals surface area contributed by atoms with E-state index in [1.165, 1.54) is 212 Å². The van der Waals surface area contributed by atoms with Crippen molar-refractivity contribution in [1.29, 1.82) is 0 Å². The van der Waals surface area contributed by atoms with Crippen molar-refractivity contribution in [3.8, 4) is 0 Å². The van der Waals surface area contributed by atoms with E-state index in [2.05, 4.69) is 55.4 Å². The second kappa shape index (κ2) is 70.1. The van der Waals surface area contributed by atoms with E-state index >= 15 is 0 Å². The molecule has 0 bridgehead atoms. The van der Waals surface area contributed by atoms with Crippen LogP contribution in [0.3, 0.4) is 0 Å². The molecule has 100 heavy (non-hydrogen) atoms. The first-order chi connectivity index (χ1) is 48.1. The molecule has 0 aromatic carbocycles. The number of unbranched alkanes of at least 4 members (excludes halogenated alkanes) is 43. The smallest absolute Gasteiger partial charge is 0.462 e. The van der Waals surface area contributed by atoms with Crippen molar-refractivity contribution in [2.24, 2.45) is 23.7 Å². The van der Waals surface area contributed by atoms with Gasteiger partial charge in [-0.3, -0.25) is 37.3 Å². The lowest BCUT2D eigenvalue weighted by atomic mass is 9.99. The molecule has 17 nitrogen and oxygen atoms in total. The summed E-state index contributed by atoms with van der Waals surface area (Å²) in [6, 6.07) is 0. The number of aliphatic hydroxyl groups is 1. The van der Waals surface area contributed by atoms with Crippen LogP contribution < -0.4 is 0 Å². The number of hydrogen-bond acceptors (Lipinski definition) is 15. The third-order valence-corrected chi connectivity index (χ3v) is 21.1. The van der Waals surface area contributed by atoms with Crippen LogP contribution in [-0.2, 0) is 65.4 Å². The third kappa shape index (κ3) is 73.0. The Hall–Kier alpha value is -1.94. The Morgan fingerprint density at radius 3 is 0.710 bits per heavy atom. The molecule has 0 aliphatic heterocycles. The van der Waals surface area contributed by atoms with Crippen LogP contribution in [0.5, 0.6) is 0 Å². The van der Waals surface area contributed by atoms with Gasteiger partial charge in [0.05, 0.1) is 26.4 Å². The molecule has 0 heterocycles. The number of phosphoric acid groups is 2. The Kier molecular flexibility index (Phi) is 68.7. The predicted octanol–water partition coefficient (Wildman–Crippen LogP) is 24.0. The van der Waals surface area contributed by atoms with E-state index in [9.17, 15) is 43.2 Å². The molecule has 0 saturated heterocycles. The first kappa shape index (κ1) is 98.1. The third-order valence-electron chi connectivity index (χ3n) is 19.2. The average molecular weight is 1470 g/mol. The van der Waals surface area contributed by atoms with Crippen LogP contribution in [0, 0.1) is 23.7 Å². The topological polar surface area (TPSA) is 237 Å². The van der Waals surface area contributed by atoms with Gasteiger partial charge in [0.1, 0.15) is 19.3 Å². The van der Waals surface area contributed by atoms with Gasteiger partial charge in [-0.1, -0.05) is 364 Å². The molecule has 0 fully saturated rings. The molecular weight excluding hydrogens is 1310 g/mol. The summed E-state index contributed by atoms with van der Waals surface area (Å²) in [6.45, 7) is 14.2. The Labute approximate surface area is 613 Å². The van der Waals surface area contributed by atoms with Gasteiger partial charge in [0.15, 0.2) is 12.2 Å². The SMILES string of the molecule is CCC(C)CCCCCCCCCCCCC(=O)OC[C@H](COP(=O)(O)OCC(O)COP(=O)(O)OC[C@@H](COC(=O)CCCCCCCCC(C)C)OC(=O)CCCCCCCCCCCCCCCCCCC(C)C)OC(=O)CCCCCCCCCCCCCCCCCC(C)C. The second-order valence-corrected chi connectivity index (χ2v) is 33.7. The number of hydrogen-bond donors (Lipinski definition) is 3. The molecule has 0 spiro atoms. The first-order valence-electron chi connectivity index (χ1n) is 41.7. The quantitative estimate of drug-likeness (QED) is 0.0222. The fraction of sp³-hybridized carbons (Fsp3) is 0.951. The van der Waals surface area contributed by atoms with Gasteiger partial charge >= 0.3 is 39.5 Å². The van der Waals surface area contributed by atoms with E-state index in [1.54, 1.807) is 0 Å². The van der Waals surface area contributed by atoms with Crippen LogP contribution in [0.25, 0.3) is 0 Å². The summed E-state index contributed by atoms with van der Waals surface area (Å²) in [5.74, 6) is 0.985. The van der Waals surface area contributed by atoms with E-state index < -0.39 is 97.5 Å². The molecule has 19 heteroatoms. The van der Waals surface area contributed by atoms with Gasteiger partial charge in [0, 0.05) is 25.7 Å². The van der Waals surface area contributed by atoms with Gasteiger partial charge in [-0.2, -0.15) is 0 Å². The zero-order valence-electron chi connectivity index (χ0n) is 65.8. The van der Waals surface area contributed by atoms with Crippen molar-refractivity contribution in [1.82, 2.24) is 0 Å². The highest BCUT2D eigenvalue weighted by molar-refractivity contribution is 7.47. The summed E-state index contributed by atoms with van der Waals surface area (Å²) in [5.41, 5.74) is 0. The largest absolute Gasteiger partial charge is 0.472 e. The standard InChI is InChI=1S/C81H158O17P2/c1-9-74(8)60-52-44-35-29-25-26-30-36-45-53-61-78(83)91-67-76(97-80(85)63-56-48-38-32-24-20-16-12-14-18-22-28-34-42-50-58-72(4)5)69-95-99(87,88)93-65-75(82)66-94-100(89,90)96-70-77(68-92-79(84)62-54-46-40-39-43-51-59-73(6)7)98-81(86)64-55-47-37-31-23-19-15-11-10-13-17-21-27-33-41-49-57-71(2)3/h71-77,82H,9-70H2,1-8H3,(H,87,88)(H,89,90)/t74?,75?,76-,77-/m1/s1. The molecular formula is C81H158O17P2. The number of ether oxygens (including phenoxy) is 4. The summed E-state index contributed by atoms with van der Waals surface area (Å²) in [5, 5.41) is 10.6. The molecule has 0 aromatic heterocycles. The number of rotatable bonds is 78. The molecule has 3 N–H and O–H groups in total. The lowest BCUT2D eigenvalue weighted by molar-refractivity contribution is -0.161. The van der Waals surface area contributed by atoms with Gasteiger partial charge in [-0.25, -0.2) is 9.13 Å². The van der Waals surface area contributed by atoms with E-state index in [0.717, 1.165) is 114 Å². The van der Waals surface area contributed by atoms with Crippen LogP contribution in [-0.4, -0.2) is 96.7 Å². The summed E-state index contributed by atoms with van der Waals surface area (Å²) in [7, 11) is -9.92. The van der Waals surface area contributed by atoms with Crippen LogP contribution >= 0.6 is 15.6 Å². The Morgan fingerprint density at radius 1 is 0.280 bits per heavy atom. The number of phosphoric ester groups is 2. The molecule has 594 valence electrons. The van der Waals surface area contributed by atoms with Crippen molar-refractivity contribution in [2.45, 2.75) is 433 Å². The first-order valence-corrected chi connectivity index (χ1v) is 44.7. The number of carbonyl (C=O) groups is 4. The minimum Gasteiger partial charge on any atom is -0.462 e. The van der Waals surface area contributed by atoms with Crippen molar-refractivity contribution >= 4 is 39.5 Å². The van der Waals surface area contributed by atoms with Gasteiger partial charge in [-0.05, 0) is 49.4 Å². The second-order valence-electron chi connectivity index (χ2n) is 30.8. The summed E-state index contributed by atoms with van der Waals surface area (Å²) in [6.07, 6.45) is 57.0. The number of esters is 4. The molecule has 4 unspecified atom stereocenters. The highest BCUT2D eigenvalue weighted by atomic mass is 31.2. The molecule has 0 amide bonds. The van der Waals surface area contributed by atoms with E-state index in [-0.39, 0.29) is 25.7 Å². The van der Waals surface area contributed by atoms with Crippen molar-refractivity contribution in [2.75, 3.05) is 39.6 Å². The normalized spacial score (nSPS) is 14.3.